The van der Waals surface area contributed by atoms with Crippen molar-refractivity contribution < 1.29 is 15.0 Å². The summed E-state index contributed by atoms with van der Waals surface area (Å²) in [5.41, 5.74) is 0.648. The fourth-order valence-electron chi connectivity index (χ4n) is 1.32. The van der Waals surface area contributed by atoms with Gasteiger partial charge < -0.3 is 10.2 Å². The molecule has 0 amide bonds. The van der Waals surface area contributed by atoms with Crippen molar-refractivity contribution in [2.75, 3.05) is 0 Å². The van der Waals surface area contributed by atoms with Crippen LogP contribution in [0.5, 0.6) is 5.75 Å². The number of carbonyl (C=O) groups is 1. The second-order valence-electron chi connectivity index (χ2n) is 3.22. The molecule has 1 heterocycles. The van der Waals surface area contributed by atoms with E-state index >= 15 is 0 Å². The molecule has 0 spiro atoms. The summed E-state index contributed by atoms with van der Waals surface area (Å²) in [7, 11) is 0. The molecule has 1 aromatic carbocycles. The Hall–Kier alpha value is -2.37. The first-order valence-corrected chi connectivity index (χ1v) is 4.54. The summed E-state index contributed by atoms with van der Waals surface area (Å²) in [4.78, 5) is 14.5. The van der Waals surface area contributed by atoms with Crippen molar-refractivity contribution >= 4 is 5.97 Å². The van der Waals surface area contributed by atoms with Crippen molar-refractivity contribution in [1.82, 2.24) is 14.8 Å². The van der Waals surface area contributed by atoms with E-state index in [1.807, 2.05) is 0 Å². The number of carboxylic acid groups (broad SMARTS) is 1. The van der Waals surface area contributed by atoms with E-state index in [4.69, 9.17) is 10.2 Å². The van der Waals surface area contributed by atoms with Crippen LogP contribution in [-0.2, 0) is 0 Å². The van der Waals surface area contributed by atoms with E-state index in [1.165, 1.54) is 16.8 Å². The third-order valence-corrected chi connectivity index (χ3v) is 2.05. The molecule has 82 valence electrons. The second-order valence-corrected chi connectivity index (χ2v) is 3.22. The molecule has 1 aromatic heterocycles. The number of hydrogen-bond acceptors (Lipinski definition) is 4. The minimum atomic E-state index is -1.17. The molecule has 2 N–H and O–H groups in total. The van der Waals surface area contributed by atoms with Crippen LogP contribution in [0.3, 0.4) is 0 Å². The predicted molar refractivity (Wildman–Crippen MR) is 54.7 cm³/mol. The molecule has 0 saturated heterocycles. The highest BCUT2D eigenvalue weighted by molar-refractivity contribution is 5.83. The molecule has 0 aliphatic heterocycles. The Balaban J connectivity index is 2.47. The highest BCUT2D eigenvalue weighted by Crippen LogP contribution is 2.14. The molecule has 2 rings (SSSR count). The van der Waals surface area contributed by atoms with E-state index in [1.54, 1.807) is 19.1 Å². The van der Waals surface area contributed by atoms with Crippen LogP contribution in [0.25, 0.3) is 5.69 Å². The van der Waals surface area contributed by atoms with E-state index in [0.29, 0.717) is 11.5 Å². The Morgan fingerprint density at radius 3 is 2.44 bits per heavy atom. The maximum Gasteiger partial charge on any atom is 0.375 e. The van der Waals surface area contributed by atoms with Gasteiger partial charge in [-0.15, -0.1) is 5.10 Å². The number of benzene rings is 1. The number of phenolic OH excluding ortho intramolecular Hbond substituents is 1. The average molecular weight is 219 g/mol. The molecule has 0 aliphatic carbocycles. The van der Waals surface area contributed by atoms with E-state index in [0.717, 1.165) is 0 Å². The van der Waals surface area contributed by atoms with E-state index < -0.39 is 5.97 Å². The SMILES string of the molecule is Cc1nc(C(=O)O)nn1-c1ccc(O)cc1. The Labute approximate surface area is 90.8 Å². The molecular weight excluding hydrogens is 210 g/mol. The third kappa shape index (κ3) is 1.72. The van der Waals surface area contributed by atoms with Crippen LogP contribution in [0, 0.1) is 6.92 Å². The number of aromatic nitrogens is 3. The van der Waals surface area contributed by atoms with Crippen LogP contribution >= 0.6 is 0 Å². The van der Waals surface area contributed by atoms with E-state index in [-0.39, 0.29) is 11.6 Å². The van der Waals surface area contributed by atoms with Gasteiger partial charge in [-0.1, -0.05) is 0 Å². The lowest BCUT2D eigenvalue weighted by atomic mass is 10.3. The summed E-state index contributed by atoms with van der Waals surface area (Å²) < 4.78 is 1.41. The van der Waals surface area contributed by atoms with Gasteiger partial charge in [-0.2, -0.15) is 0 Å². The van der Waals surface area contributed by atoms with Crippen LogP contribution in [0.2, 0.25) is 0 Å². The molecular formula is C10H9N3O3. The molecule has 0 unspecified atom stereocenters. The van der Waals surface area contributed by atoms with Crippen molar-refractivity contribution in [3.05, 3.63) is 35.9 Å². The van der Waals surface area contributed by atoms with Gasteiger partial charge in [0.05, 0.1) is 5.69 Å². The molecule has 2 aromatic rings. The van der Waals surface area contributed by atoms with Crippen LogP contribution in [0.1, 0.15) is 16.4 Å². The van der Waals surface area contributed by atoms with Crippen LogP contribution in [0.15, 0.2) is 24.3 Å². The maximum atomic E-state index is 10.7. The highest BCUT2D eigenvalue weighted by Gasteiger charge is 2.13. The molecule has 0 aliphatic rings. The van der Waals surface area contributed by atoms with E-state index in [9.17, 15) is 4.79 Å². The number of carboxylic acids is 1. The van der Waals surface area contributed by atoms with Crippen molar-refractivity contribution in [1.29, 1.82) is 0 Å². The fraction of sp³-hybridized carbons (Fsp3) is 0.100. The molecule has 0 fully saturated rings. The van der Waals surface area contributed by atoms with Crippen LogP contribution < -0.4 is 0 Å². The number of aryl methyl sites for hydroxylation is 1. The molecule has 0 atom stereocenters. The first-order valence-electron chi connectivity index (χ1n) is 4.54. The van der Waals surface area contributed by atoms with Crippen molar-refractivity contribution in [2.24, 2.45) is 0 Å². The van der Waals surface area contributed by atoms with Gasteiger partial charge in [-0.05, 0) is 31.2 Å². The smallest absolute Gasteiger partial charge is 0.375 e. The van der Waals surface area contributed by atoms with Gasteiger partial charge in [0.2, 0.25) is 0 Å². The summed E-state index contributed by atoms with van der Waals surface area (Å²) in [5.74, 6) is -0.797. The number of phenols is 1. The number of hydrogen-bond donors (Lipinski definition) is 2. The van der Waals surface area contributed by atoms with Crippen LogP contribution in [0.4, 0.5) is 0 Å². The number of rotatable bonds is 2. The zero-order valence-corrected chi connectivity index (χ0v) is 8.45. The minimum absolute atomic E-state index is 0.139. The lowest BCUT2D eigenvalue weighted by molar-refractivity contribution is 0.0683. The van der Waals surface area contributed by atoms with Gasteiger partial charge in [0.15, 0.2) is 0 Å². The van der Waals surface area contributed by atoms with Crippen molar-refractivity contribution in [2.45, 2.75) is 6.92 Å². The van der Waals surface area contributed by atoms with Crippen molar-refractivity contribution in [3.63, 3.8) is 0 Å². The lowest BCUT2D eigenvalue weighted by Crippen LogP contribution is -2.02. The number of aromatic hydroxyl groups is 1. The fourth-order valence-corrected chi connectivity index (χ4v) is 1.32. The zero-order valence-electron chi connectivity index (χ0n) is 8.45. The maximum absolute atomic E-state index is 10.7. The van der Waals surface area contributed by atoms with Crippen molar-refractivity contribution in [3.8, 4) is 11.4 Å². The second kappa shape index (κ2) is 3.65. The summed E-state index contributed by atoms with van der Waals surface area (Å²) >= 11 is 0. The number of nitrogens with zero attached hydrogens (tertiary/aromatic N) is 3. The molecule has 6 heteroatoms. The zero-order chi connectivity index (χ0) is 11.7. The molecule has 6 nitrogen and oxygen atoms in total. The molecule has 0 bridgehead atoms. The topological polar surface area (TPSA) is 88.2 Å². The van der Waals surface area contributed by atoms with Gasteiger partial charge >= 0.3 is 5.97 Å². The molecule has 16 heavy (non-hydrogen) atoms. The Kier molecular flexibility index (Phi) is 2.32. The monoisotopic (exact) mass is 219 g/mol. The summed E-state index contributed by atoms with van der Waals surface area (Å²) in [5, 5.41) is 21.7. The van der Waals surface area contributed by atoms with Gasteiger partial charge in [-0.3, -0.25) is 0 Å². The first kappa shape index (κ1) is 10.2. The Bertz CT molecular complexity index is 531. The third-order valence-electron chi connectivity index (χ3n) is 2.05. The van der Waals surface area contributed by atoms with Gasteiger partial charge in [0.1, 0.15) is 11.6 Å². The lowest BCUT2D eigenvalue weighted by Gasteiger charge is -2.01. The normalized spacial score (nSPS) is 10.3. The number of aromatic carboxylic acids is 1. The quantitative estimate of drug-likeness (QED) is 0.785. The molecule has 0 radical (unpaired) electrons. The average Bonchev–Trinajstić information content (AvgIpc) is 2.62. The largest absolute Gasteiger partial charge is 0.508 e. The van der Waals surface area contributed by atoms with E-state index in [2.05, 4.69) is 10.1 Å². The predicted octanol–water partition coefficient (Wildman–Crippen LogP) is 0.980. The first-order chi connectivity index (χ1) is 7.58. The van der Waals surface area contributed by atoms with Gasteiger partial charge in [0.25, 0.3) is 5.82 Å². The Morgan fingerprint density at radius 1 is 1.31 bits per heavy atom. The summed E-state index contributed by atoms with van der Waals surface area (Å²) in [6.45, 7) is 1.66. The van der Waals surface area contributed by atoms with Crippen LogP contribution in [-0.4, -0.2) is 30.9 Å². The highest BCUT2D eigenvalue weighted by atomic mass is 16.4. The van der Waals surface area contributed by atoms with Gasteiger partial charge in [0, 0.05) is 0 Å². The summed E-state index contributed by atoms with van der Waals surface area (Å²) in [6.07, 6.45) is 0. The molecule has 0 saturated carbocycles. The van der Waals surface area contributed by atoms with Gasteiger partial charge in [-0.25, -0.2) is 14.5 Å². The Morgan fingerprint density at radius 2 is 1.94 bits per heavy atom. The standard InChI is InChI=1S/C10H9N3O3/c1-6-11-9(10(15)16)12-13(6)7-2-4-8(14)5-3-7/h2-5,14H,1H3,(H,15,16). The minimum Gasteiger partial charge on any atom is -0.508 e. The summed E-state index contributed by atoms with van der Waals surface area (Å²) in [6, 6.07) is 6.25.